The van der Waals surface area contributed by atoms with E-state index in [0.717, 1.165) is 11.7 Å². The van der Waals surface area contributed by atoms with E-state index < -0.39 is 0 Å². The molecule has 1 rings (SSSR count). The highest BCUT2D eigenvalue weighted by molar-refractivity contribution is 7.80. The lowest BCUT2D eigenvalue weighted by molar-refractivity contribution is 0.714. The molecule has 0 aromatic rings. The van der Waals surface area contributed by atoms with Crippen molar-refractivity contribution in [2.24, 2.45) is 5.92 Å². The van der Waals surface area contributed by atoms with E-state index in [1.54, 1.807) is 0 Å². The highest BCUT2D eigenvalue weighted by Gasteiger charge is 2.04. The van der Waals surface area contributed by atoms with Crippen LogP contribution in [0, 0.1) is 5.92 Å². The van der Waals surface area contributed by atoms with Crippen molar-refractivity contribution in [3.8, 4) is 0 Å². The highest BCUT2D eigenvalue weighted by Crippen LogP contribution is 2.16. The zero-order chi connectivity index (χ0) is 5.11. The van der Waals surface area contributed by atoms with Crippen molar-refractivity contribution in [3.05, 3.63) is 12.2 Å². The van der Waals surface area contributed by atoms with Crippen LogP contribution >= 0.6 is 12.6 Å². The molecule has 0 saturated heterocycles. The molecule has 0 aliphatic heterocycles. The molecule has 0 nitrogen and oxygen atoms in total. The van der Waals surface area contributed by atoms with Crippen molar-refractivity contribution in [2.75, 3.05) is 5.75 Å². The van der Waals surface area contributed by atoms with E-state index in [-0.39, 0.29) is 0 Å². The third kappa shape index (κ3) is 1.23. The Morgan fingerprint density at radius 3 is 2.86 bits per heavy atom. The Bertz CT molecular complexity index is 76.2. The summed E-state index contributed by atoms with van der Waals surface area (Å²) in [5.41, 5.74) is 0. The Labute approximate surface area is 50.0 Å². The van der Waals surface area contributed by atoms with Crippen molar-refractivity contribution in [1.82, 2.24) is 0 Å². The Morgan fingerprint density at radius 2 is 2.57 bits per heavy atom. The van der Waals surface area contributed by atoms with E-state index in [1.807, 2.05) is 0 Å². The van der Waals surface area contributed by atoms with E-state index in [1.165, 1.54) is 12.8 Å². The van der Waals surface area contributed by atoms with E-state index >= 15 is 0 Å². The minimum atomic E-state index is 0.731. The smallest absolute Gasteiger partial charge is 0.0100 e. The summed E-state index contributed by atoms with van der Waals surface area (Å²) in [5.74, 6) is 1.64. The molecule has 0 saturated carbocycles. The molecule has 0 aromatic carbocycles. The van der Waals surface area contributed by atoms with Gasteiger partial charge in [0.1, 0.15) is 0 Å². The van der Waals surface area contributed by atoms with Gasteiger partial charge in [-0.3, -0.25) is 0 Å². The van der Waals surface area contributed by atoms with Crippen molar-refractivity contribution < 1.29 is 0 Å². The minimum Gasteiger partial charge on any atom is -0.0935 e. The number of allylic oxidation sites excluding steroid dienone is 2. The van der Waals surface area contributed by atoms with Crippen LogP contribution in [0.4, 0.5) is 0 Å². The first kappa shape index (κ1) is 5.23. The van der Waals surface area contributed by atoms with E-state index in [9.17, 15) is 0 Å². The summed E-state index contributed by atoms with van der Waals surface area (Å²) in [6, 6.07) is 0. The maximum atomic E-state index is 4.86. The third-order valence-electron chi connectivity index (χ3n) is 1.33. The summed E-state index contributed by atoms with van der Waals surface area (Å²) in [4.78, 5) is 0. The second-order valence-electron chi connectivity index (χ2n) is 1.93. The predicted octanol–water partition coefficient (Wildman–Crippen LogP) is 2.15. The normalized spacial score (nSPS) is 29.0. The molecule has 39 valence electrons. The van der Waals surface area contributed by atoms with Gasteiger partial charge >= 0.3 is 0 Å². The number of rotatable bonds is 1. The fourth-order valence-corrected chi connectivity index (χ4v) is 1.11. The van der Waals surface area contributed by atoms with Crippen LogP contribution in [0.25, 0.3) is 0 Å². The lowest BCUT2D eigenvalue weighted by Crippen LogP contribution is -1.90. The summed E-state index contributed by atoms with van der Waals surface area (Å²) >= 11 is 4.86. The van der Waals surface area contributed by atoms with Gasteiger partial charge in [-0.2, -0.15) is 0 Å². The number of hydrogen-bond acceptors (Lipinski definition) is 0. The Kier molecular flexibility index (Phi) is 1.80. The van der Waals surface area contributed by atoms with Gasteiger partial charge in [-0.15, -0.1) is 0 Å². The van der Waals surface area contributed by atoms with E-state index in [4.69, 9.17) is 12.6 Å². The van der Waals surface area contributed by atoms with Gasteiger partial charge in [-0.05, 0) is 18.8 Å². The molecule has 0 fully saturated rings. The van der Waals surface area contributed by atoms with Crippen LogP contribution in [0.15, 0.2) is 12.2 Å². The molecule has 1 atom stereocenters. The molecule has 0 aromatic heterocycles. The molecule has 1 aliphatic rings. The van der Waals surface area contributed by atoms with Crippen LogP contribution in [-0.2, 0) is 0 Å². The van der Waals surface area contributed by atoms with Gasteiger partial charge in [0, 0.05) is 5.75 Å². The minimum absolute atomic E-state index is 0.731. The van der Waals surface area contributed by atoms with Crippen LogP contribution < -0.4 is 0 Å². The zero-order valence-electron chi connectivity index (χ0n) is 4.26. The van der Waals surface area contributed by atoms with Gasteiger partial charge in [0.15, 0.2) is 0 Å². The van der Waals surface area contributed by atoms with Crippen molar-refractivity contribution in [2.45, 2.75) is 12.8 Å². The van der Waals surface area contributed by atoms with Gasteiger partial charge in [-0.25, -0.2) is 0 Å². The van der Waals surface area contributed by atoms with Crippen LogP contribution in [-0.4, -0.2) is 5.75 Å². The molecule has 0 heterocycles. The Balaban J connectivity index is 2.28. The molecule has 1 radical (unpaired) electrons. The molecule has 1 heteroatoms. The molecule has 1 unspecified atom stereocenters. The average Bonchev–Trinajstić information content (AvgIpc) is 2.14. The monoisotopic (exact) mass is 113 g/mol. The summed E-state index contributed by atoms with van der Waals surface area (Å²) in [7, 11) is 0. The molecule has 0 N–H and O–H groups in total. The Hall–Kier alpha value is 0.0900. The maximum Gasteiger partial charge on any atom is 0.0100 e. The number of hydrogen-bond donors (Lipinski definition) is 0. The van der Waals surface area contributed by atoms with Crippen molar-refractivity contribution in [3.63, 3.8) is 0 Å². The third-order valence-corrected chi connectivity index (χ3v) is 1.75. The van der Waals surface area contributed by atoms with Crippen molar-refractivity contribution >= 4 is 12.6 Å². The maximum absolute atomic E-state index is 4.86. The van der Waals surface area contributed by atoms with Gasteiger partial charge in [0.05, 0.1) is 0 Å². The van der Waals surface area contributed by atoms with Crippen molar-refractivity contribution in [1.29, 1.82) is 0 Å². The van der Waals surface area contributed by atoms with Gasteiger partial charge in [-0.1, -0.05) is 24.8 Å². The van der Waals surface area contributed by atoms with Crippen LogP contribution in [0.2, 0.25) is 0 Å². The van der Waals surface area contributed by atoms with E-state index in [2.05, 4.69) is 12.2 Å². The molecule has 7 heavy (non-hydrogen) atoms. The SMILES string of the molecule is [S]CC1C=CCC1. The standard InChI is InChI=1S/C6H9S/c7-5-6-3-1-2-4-6/h1,3,6H,2,4-5H2. The molecule has 0 bridgehead atoms. The van der Waals surface area contributed by atoms with Crippen LogP contribution in [0.5, 0.6) is 0 Å². The van der Waals surface area contributed by atoms with Gasteiger partial charge < -0.3 is 0 Å². The largest absolute Gasteiger partial charge is 0.0935 e. The zero-order valence-corrected chi connectivity index (χ0v) is 5.08. The summed E-state index contributed by atoms with van der Waals surface area (Å²) in [6.07, 6.45) is 6.99. The lowest BCUT2D eigenvalue weighted by atomic mass is 10.2. The Morgan fingerprint density at radius 1 is 1.71 bits per heavy atom. The summed E-state index contributed by atoms with van der Waals surface area (Å²) < 4.78 is 0. The first-order valence-electron chi connectivity index (χ1n) is 2.68. The average molecular weight is 113 g/mol. The van der Waals surface area contributed by atoms with Gasteiger partial charge in [0.2, 0.25) is 0 Å². The second-order valence-corrected chi connectivity index (χ2v) is 2.27. The quantitative estimate of drug-likeness (QED) is 0.457. The van der Waals surface area contributed by atoms with Crippen LogP contribution in [0.3, 0.4) is 0 Å². The molecule has 0 spiro atoms. The first-order valence-corrected chi connectivity index (χ1v) is 3.26. The second kappa shape index (κ2) is 2.41. The highest BCUT2D eigenvalue weighted by atomic mass is 32.1. The predicted molar refractivity (Wildman–Crippen MR) is 34.3 cm³/mol. The van der Waals surface area contributed by atoms with Crippen LogP contribution in [0.1, 0.15) is 12.8 Å². The topological polar surface area (TPSA) is 0 Å². The molecule has 1 aliphatic carbocycles. The van der Waals surface area contributed by atoms with Gasteiger partial charge in [0.25, 0.3) is 0 Å². The molecule has 0 amide bonds. The fourth-order valence-electron chi connectivity index (χ4n) is 0.834. The fraction of sp³-hybridized carbons (Fsp3) is 0.667. The van der Waals surface area contributed by atoms with E-state index in [0.29, 0.717) is 0 Å². The first-order chi connectivity index (χ1) is 3.43. The summed E-state index contributed by atoms with van der Waals surface area (Å²) in [5, 5.41) is 0. The lowest BCUT2D eigenvalue weighted by Gasteiger charge is -1.96. The summed E-state index contributed by atoms with van der Waals surface area (Å²) in [6.45, 7) is 0. The molecular weight excluding hydrogens is 104 g/mol. The molecular formula is C6H9S.